The van der Waals surface area contributed by atoms with Gasteiger partial charge in [0.1, 0.15) is 10.1 Å². The highest BCUT2D eigenvalue weighted by molar-refractivity contribution is 7.83. The molecule has 0 fully saturated rings. The van der Waals surface area contributed by atoms with Crippen LogP contribution in [-0.4, -0.2) is 4.32 Å². The molecule has 0 bridgehead atoms. The Hall–Kier alpha value is -0.680. The number of hydrogen-bond acceptors (Lipinski definition) is 1. The Morgan fingerprint density at radius 1 is 1.21 bits per heavy atom. The summed E-state index contributed by atoms with van der Waals surface area (Å²) in [5.74, 6) is -1.02. The molecule has 0 aromatic heterocycles. The van der Waals surface area contributed by atoms with E-state index in [0.29, 0.717) is 12.1 Å². The first kappa shape index (κ1) is 11.4. The molecule has 76 valence electrons. The Labute approximate surface area is 87.5 Å². The van der Waals surface area contributed by atoms with E-state index in [4.69, 9.17) is 11.6 Å². The summed E-state index contributed by atoms with van der Waals surface area (Å²) in [5.41, 5.74) is -1.25. The minimum Gasteiger partial charge on any atom is -0.207 e. The van der Waals surface area contributed by atoms with E-state index in [2.05, 4.69) is 12.2 Å². The summed E-state index contributed by atoms with van der Waals surface area (Å²) in [6.07, 6.45) is -4.60. The molecule has 1 aromatic carbocycles. The molecule has 0 aliphatic carbocycles. The van der Waals surface area contributed by atoms with Gasteiger partial charge in [0.2, 0.25) is 0 Å². The summed E-state index contributed by atoms with van der Waals surface area (Å²) < 4.78 is 48.9. The molecule has 6 heteroatoms. The second kappa shape index (κ2) is 3.82. The van der Waals surface area contributed by atoms with Crippen LogP contribution in [0.2, 0.25) is 0 Å². The van der Waals surface area contributed by atoms with Crippen molar-refractivity contribution in [3.8, 4) is 0 Å². The molecule has 0 N–H and O–H groups in total. The van der Waals surface area contributed by atoms with Crippen molar-refractivity contribution in [1.29, 1.82) is 0 Å². The van der Waals surface area contributed by atoms with Crippen molar-refractivity contribution in [2.75, 3.05) is 0 Å². The predicted molar refractivity (Wildman–Crippen MR) is 49.0 cm³/mol. The van der Waals surface area contributed by atoms with Gasteiger partial charge in [-0.05, 0) is 18.2 Å². The maximum Gasteiger partial charge on any atom is 0.416 e. The molecule has 1 rings (SSSR count). The molecule has 0 radical (unpaired) electrons. The maximum absolute atomic E-state index is 12.7. The predicted octanol–water partition coefficient (Wildman–Crippen LogP) is 3.76. The summed E-state index contributed by atoms with van der Waals surface area (Å²) in [5, 5.41) is 0. The number of thiocarbonyl (C=S) groups is 1. The van der Waals surface area contributed by atoms with Crippen molar-refractivity contribution in [2.45, 2.75) is 6.18 Å². The smallest absolute Gasteiger partial charge is 0.207 e. The van der Waals surface area contributed by atoms with Crippen LogP contribution >= 0.6 is 23.8 Å². The quantitative estimate of drug-likeness (QED) is 0.411. The zero-order valence-corrected chi connectivity index (χ0v) is 8.10. The van der Waals surface area contributed by atoms with Crippen LogP contribution < -0.4 is 0 Å². The molecule has 0 aliphatic heterocycles. The Morgan fingerprint density at radius 2 is 1.79 bits per heavy atom. The van der Waals surface area contributed by atoms with Crippen LogP contribution in [0.4, 0.5) is 17.6 Å². The van der Waals surface area contributed by atoms with Crippen LogP contribution in [0, 0.1) is 5.82 Å². The van der Waals surface area contributed by atoms with Crippen molar-refractivity contribution in [3.63, 3.8) is 0 Å². The van der Waals surface area contributed by atoms with Gasteiger partial charge in [-0.1, -0.05) is 23.8 Å². The molecule has 0 amide bonds. The van der Waals surface area contributed by atoms with Gasteiger partial charge in [-0.25, -0.2) is 4.39 Å². The second-order valence-corrected chi connectivity index (χ2v) is 3.51. The standard InChI is InChI=1S/C8H3ClF4S/c9-7(14)4-1-5(8(11,12)13)3-6(10)2-4/h1-3H. The zero-order chi connectivity index (χ0) is 10.9. The van der Waals surface area contributed by atoms with Gasteiger partial charge in [0.15, 0.2) is 0 Å². The first-order valence-electron chi connectivity index (χ1n) is 3.38. The fourth-order valence-corrected chi connectivity index (χ4v) is 1.09. The van der Waals surface area contributed by atoms with E-state index in [9.17, 15) is 17.6 Å². The van der Waals surface area contributed by atoms with Crippen molar-refractivity contribution in [1.82, 2.24) is 0 Å². The maximum atomic E-state index is 12.7. The van der Waals surface area contributed by atoms with Gasteiger partial charge in [0, 0.05) is 5.56 Å². The lowest BCUT2D eigenvalue weighted by Crippen LogP contribution is -2.06. The Bertz CT molecular complexity index is 372. The zero-order valence-electron chi connectivity index (χ0n) is 6.53. The van der Waals surface area contributed by atoms with Gasteiger partial charge in [-0.3, -0.25) is 0 Å². The first-order chi connectivity index (χ1) is 6.30. The summed E-state index contributed by atoms with van der Waals surface area (Å²) >= 11 is 9.73. The molecule has 14 heavy (non-hydrogen) atoms. The third kappa shape index (κ3) is 2.65. The van der Waals surface area contributed by atoms with Crippen LogP contribution in [0.15, 0.2) is 18.2 Å². The molecule has 0 aliphatic rings. The van der Waals surface area contributed by atoms with Crippen molar-refractivity contribution >= 4 is 28.1 Å². The van der Waals surface area contributed by atoms with Gasteiger partial charge in [0.25, 0.3) is 0 Å². The number of halogens is 5. The Kier molecular flexibility index (Phi) is 3.11. The van der Waals surface area contributed by atoms with Gasteiger partial charge < -0.3 is 0 Å². The highest BCUT2D eigenvalue weighted by atomic mass is 35.5. The fourth-order valence-electron chi connectivity index (χ4n) is 0.867. The first-order valence-corrected chi connectivity index (χ1v) is 4.17. The van der Waals surface area contributed by atoms with Crippen LogP contribution in [0.1, 0.15) is 11.1 Å². The largest absolute Gasteiger partial charge is 0.416 e. The van der Waals surface area contributed by atoms with Gasteiger partial charge in [-0.15, -0.1) is 0 Å². The molecule has 0 nitrogen and oxygen atoms in total. The number of benzene rings is 1. The number of alkyl halides is 3. The second-order valence-electron chi connectivity index (χ2n) is 2.50. The average Bonchev–Trinajstić information content (AvgIpc) is 2.01. The number of rotatable bonds is 1. The van der Waals surface area contributed by atoms with Crippen molar-refractivity contribution in [2.24, 2.45) is 0 Å². The molecule has 0 saturated carbocycles. The van der Waals surface area contributed by atoms with Gasteiger partial charge in [-0.2, -0.15) is 13.2 Å². The van der Waals surface area contributed by atoms with E-state index in [1.54, 1.807) is 0 Å². The third-order valence-corrected chi connectivity index (χ3v) is 1.91. The lowest BCUT2D eigenvalue weighted by molar-refractivity contribution is -0.137. The molecule has 0 atom stereocenters. The van der Waals surface area contributed by atoms with Crippen molar-refractivity contribution in [3.05, 3.63) is 35.1 Å². The highest BCUT2D eigenvalue weighted by Crippen LogP contribution is 2.30. The average molecular weight is 243 g/mol. The Balaban J connectivity index is 3.28. The van der Waals surface area contributed by atoms with Crippen LogP contribution in [0.25, 0.3) is 0 Å². The third-order valence-electron chi connectivity index (χ3n) is 1.45. The highest BCUT2D eigenvalue weighted by Gasteiger charge is 2.31. The normalized spacial score (nSPS) is 11.5. The van der Waals surface area contributed by atoms with E-state index in [1.807, 2.05) is 0 Å². The van der Waals surface area contributed by atoms with E-state index in [-0.39, 0.29) is 9.89 Å². The van der Waals surface area contributed by atoms with Crippen LogP contribution in [0.5, 0.6) is 0 Å². The molecule has 0 heterocycles. The van der Waals surface area contributed by atoms with Gasteiger partial charge >= 0.3 is 6.18 Å². The Morgan fingerprint density at radius 3 is 2.21 bits per heavy atom. The number of hydrogen-bond donors (Lipinski definition) is 0. The monoisotopic (exact) mass is 242 g/mol. The molecule has 1 aromatic rings. The lowest BCUT2D eigenvalue weighted by atomic mass is 10.1. The minimum absolute atomic E-state index is 0.144. The van der Waals surface area contributed by atoms with Crippen molar-refractivity contribution < 1.29 is 17.6 Å². The van der Waals surface area contributed by atoms with E-state index < -0.39 is 17.6 Å². The van der Waals surface area contributed by atoms with Crippen LogP contribution in [-0.2, 0) is 6.18 Å². The lowest BCUT2D eigenvalue weighted by Gasteiger charge is -2.07. The fraction of sp³-hybridized carbons (Fsp3) is 0.125. The summed E-state index contributed by atoms with van der Waals surface area (Å²) in [6, 6.07) is 1.95. The molecular weight excluding hydrogens is 240 g/mol. The van der Waals surface area contributed by atoms with E-state index in [1.165, 1.54) is 0 Å². The summed E-state index contributed by atoms with van der Waals surface area (Å²) in [7, 11) is 0. The minimum atomic E-state index is -4.60. The molecule has 0 spiro atoms. The van der Waals surface area contributed by atoms with E-state index >= 15 is 0 Å². The summed E-state index contributed by atoms with van der Waals surface area (Å²) in [4.78, 5) is 0. The molecule has 0 unspecified atom stereocenters. The molecular formula is C8H3ClF4S. The van der Waals surface area contributed by atoms with Gasteiger partial charge in [0.05, 0.1) is 5.56 Å². The van der Waals surface area contributed by atoms with E-state index in [0.717, 1.165) is 6.07 Å². The topological polar surface area (TPSA) is 0 Å². The van der Waals surface area contributed by atoms with Crippen LogP contribution in [0.3, 0.4) is 0 Å². The SMILES string of the molecule is Fc1cc(C(=S)Cl)cc(C(F)(F)F)c1. The summed E-state index contributed by atoms with van der Waals surface area (Å²) in [6.45, 7) is 0. The molecule has 0 saturated heterocycles.